The monoisotopic (exact) mass is 350 g/mol. The molecule has 6 nitrogen and oxygen atoms in total. The Morgan fingerprint density at radius 2 is 2.17 bits per heavy atom. The largest absolute Gasteiger partial charge is 0.376 e. The molecule has 1 aliphatic carbocycles. The fourth-order valence-electron chi connectivity index (χ4n) is 2.59. The molecule has 1 aromatic rings. The molecule has 3 rings (SSSR count). The van der Waals surface area contributed by atoms with Gasteiger partial charge in [-0.05, 0) is 48.4 Å². The third-order valence-electron chi connectivity index (χ3n) is 3.98. The quantitative estimate of drug-likeness (QED) is 0.411. The molecule has 1 aromatic carbocycles. The molecule has 1 saturated carbocycles. The number of benzene rings is 1. The zero-order valence-corrected chi connectivity index (χ0v) is 14.0. The summed E-state index contributed by atoms with van der Waals surface area (Å²) in [6.07, 6.45) is 3.22. The maximum atomic E-state index is 10.7. The normalized spacial score (nSPS) is 21.2. The predicted octanol–water partition coefficient (Wildman–Crippen LogP) is 2.25. The number of thiocarbonyl (C=S) groups is 1. The minimum atomic E-state index is -0.396. The van der Waals surface area contributed by atoms with Gasteiger partial charge in [-0.25, -0.2) is 0 Å². The lowest BCUT2D eigenvalue weighted by atomic mass is 10.0. The van der Waals surface area contributed by atoms with Crippen molar-refractivity contribution >= 4 is 34.8 Å². The maximum absolute atomic E-state index is 10.7. The fraction of sp³-hybridized carbons (Fsp3) is 0.400. The summed E-state index contributed by atoms with van der Waals surface area (Å²) in [6, 6.07) is 6.53. The number of hydrogen-bond donors (Lipinski definition) is 3. The summed E-state index contributed by atoms with van der Waals surface area (Å²) in [5, 5.41) is 20.2. The molecule has 2 atom stereocenters. The van der Waals surface area contributed by atoms with Crippen LogP contribution in [0.2, 0.25) is 0 Å². The van der Waals surface area contributed by atoms with Crippen molar-refractivity contribution in [1.29, 1.82) is 0 Å². The highest BCUT2D eigenvalue weighted by Crippen LogP contribution is 2.41. The van der Waals surface area contributed by atoms with Gasteiger partial charge in [0.05, 0.1) is 16.3 Å². The van der Waals surface area contributed by atoms with Crippen molar-refractivity contribution in [2.24, 2.45) is 11.7 Å². The molecular formula is C15H18N4O2S2. The van der Waals surface area contributed by atoms with Crippen molar-refractivity contribution in [2.45, 2.75) is 30.7 Å². The third-order valence-corrected chi connectivity index (χ3v) is 5.28. The van der Waals surface area contributed by atoms with Crippen LogP contribution < -0.4 is 16.4 Å². The van der Waals surface area contributed by atoms with Gasteiger partial charge in [0, 0.05) is 17.8 Å². The topological polar surface area (TPSA) is 93.2 Å². The van der Waals surface area contributed by atoms with E-state index in [9.17, 15) is 10.1 Å². The lowest BCUT2D eigenvalue weighted by Crippen LogP contribution is -2.44. The molecule has 1 heterocycles. The number of nitrogens with zero attached hydrogens (tertiary/aromatic N) is 1. The van der Waals surface area contributed by atoms with Crippen molar-refractivity contribution in [3.05, 3.63) is 51.0 Å². The summed E-state index contributed by atoms with van der Waals surface area (Å²) in [5.74, 6) is 0.749. The maximum Gasteiger partial charge on any atom is 0.269 e. The first-order chi connectivity index (χ1) is 11.0. The average Bonchev–Trinajstić information content (AvgIpc) is 3.24. The second kappa shape index (κ2) is 6.76. The van der Waals surface area contributed by atoms with Gasteiger partial charge in [0.1, 0.15) is 0 Å². The van der Waals surface area contributed by atoms with Crippen LogP contribution in [0, 0.1) is 16.0 Å². The summed E-state index contributed by atoms with van der Waals surface area (Å²) in [6.45, 7) is 0. The van der Waals surface area contributed by atoms with E-state index in [1.807, 2.05) is 0 Å². The molecule has 2 aliphatic rings. The van der Waals surface area contributed by atoms with E-state index in [0.717, 1.165) is 17.2 Å². The molecule has 8 heteroatoms. The molecule has 0 aromatic heterocycles. The van der Waals surface area contributed by atoms with Crippen molar-refractivity contribution in [3.63, 3.8) is 0 Å². The van der Waals surface area contributed by atoms with Gasteiger partial charge in [-0.2, -0.15) is 0 Å². The lowest BCUT2D eigenvalue weighted by molar-refractivity contribution is -0.384. The summed E-state index contributed by atoms with van der Waals surface area (Å²) in [4.78, 5) is 10.3. The highest BCUT2D eigenvalue weighted by molar-refractivity contribution is 8.03. The molecule has 1 unspecified atom stereocenters. The van der Waals surface area contributed by atoms with E-state index in [-0.39, 0.29) is 16.8 Å². The van der Waals surface area contributed by atoms with Crippen LogP contribution in [0.3, 0.4) is 0 Å². The molecule has 23 heavy (non-hydrogen) atoms. The first-order valence-corrected chi connectivity index (χ1v) is 8.79. The van der Waals surface area contributed by atoms with Gasteiger partial charge in [0.2, 0.25) is 0 Å². The number of nitrogens with two attached hydrogens (primary N) is 1. The first kappa shape index (κ1) is 16.1. The molecule has 0 spiro atoms. The molecular weight excluding hydrogens is 332 g/mol. The van der Waals surface area contributed by atoms with Gasteiger partial charge in [-0.1, -0.05) is 12.1 Å². The first-order valence-electron chi connectivity index (χ1n) is 7.44. The fourth-order valence-corrected chi connectivity index (χ4v) is 3.96. The standard InChI is InChI=1S/C15H18N4O2S2/c16-15(22)18-12(13-8-23-14(17-13)10-3-4-10)7-9-1-5-11(6-2-9)19(20)21/h1-2,5-6,8,10,12,14,17H,3-4,7H2,(H3,16,18,22)/t12-,14?/m0/s1. The summed E-state index contributed by atoms with van der Waals surface area (Å²) >= 11 is 6.79. The molecule has 0 amide bonds. The van der Waals surface area contributed by atoms with Gasteiger partial charge in [0.25, 0.3) is 5.69 Å². The SMILES string of the molecule is NC(=S)N[C@@H](Cc1ccc([N+](=O)[O-])cc1)C1=CSC(C2CC2)N1. The molecule has 122 valence electrons. The molecule has 0 bridgehead atoms. The zero-order chi connectivity index (χ0) is 16.4. The summed E-state index contributed by atoms with van der Waals surface area (Å²) in [7, 11) is 0. The van der Waals surface area contributed by atoms with Crippen LogP contribution in [-0.4, -0.2) is 21.5 Å². The summed E-state index contributed by atoms with van der Waals surface area (Å²) in [5.41, 5.74) is 7.82. The second-order valence-corrected chi connectivity index (χ2v) is 7.26. The summed E-state index contributed by atoms with van der Waals surface area (Å²) < 4.78 is 0. The highest BCUT2D eigenvalue weighted by atomic mass is 32.2. The highest BCUT2D eigenvalue weighted by Gasteiger charge is 2.35. The molecule has 0 radical (unpaired) electrons. The number of nitrogens with one attached hydrogen (secondary N) is 2. The Kier molecular flexibility index (Phi) is 4.72. The smallest absolute Gasteiger partial charge is 0.269 e. The Labute approximate surface area is 144 Å². The molecule has 1 fully saturated rings. The van der Waals surface area contributed by atoms with E-state index >= 15 is 0 Å². The lowest BCUT2D eigenvalue weighted by Gasteiger charge is -2.22. The number of nitro benzene ring substituents is 1. The Morgan fingerprint density at radius 1 is 1.48 bits per heavy atom. The van der Waals surface area contributed by atoms with Crippen LogP contribution in [0.15, 0.2) is 35.4 Å². The molecule has 0 saturated heterocycles. The Hall–Kier alpha value is -1.80. The van der Waals surface area contributed by atoms with E-state index in [1.54, 1.807) is 23.9 Å². The van der Waals surface area contributed by atoms with E-state index in [4.69, 9.17) is 18.0 Å². The Bertz CT molecular complexity index is 643. The number of nitro groups is 1. The third kappa shape index (κ3) is 4.14. The number of rotatable bonds is 6. The van der Waals surface area contributed by atoms with Crippen molar-refractivity contribution in [2.75, 3.05) is 0 Å². The van der Waals surface area contributed by atoms with Gasteiger partial charge in [0.15, 0.2) is 5.11 Å². The van der Waals surface area contributed by atoms with Crippen molar-refractivity contribution < 1.29 is 4.92 Å². The van der Waals surface area contributed by atoms with Crippen molar-refractivity contribution in [3.8, 4) is 0 Å². The number of hydrogen-bond acceptors (Lipinski definition) is 5. The van der Waals surface area contributed by atoms with E-state index < -0.39 is 4.92 Å². The van der Waals surface area contributed by atoms with Crippen LogP contribution in [-0.2, 0) is 6.42 Å². The minimum Gasteiger partial charge on any atom is -0.376 e. The van der Waals surface area contributed by atoms with Crippen molar-refractivity contribution in [1.82, 2.24) is 10.6 Å². The minimum absolute atomic E-state index is 0.0507. The van der Waals surface area contributed by atoms with Gasteiger partial charge in [-0.15, -0.1) is 11.8 Å². The van der Waals surface area contributed by atoms with Crippen LogP contribution in [0.25, 0.3) is 0 Å². The van der Waals surface area contributed by atoms with Gasteiger partial charge >= 0.3 is 0 Å². The molecule has 1 aliphatic heterocycles. The average molecular weight is 350 g/mol. The Balaban J connectivity index is 1.69. The number of non-ortho nitro benzene ring substituents is 1. The Morgan fingerprint density at radius 3 is 2.74 bits per heavy atom. The second-order valence-electron chi connectivity index (χ2n) is 5.80. The van der Waals surface area contributed by atoms with E-state index in [1.165, 1.54) is 25.0 Å². The predicted molar refractivity (Wildman–Crippen MR) is 95.8 cm³/mol. The van der Waals surface area contributed by atoms with Gasteiger partial charge in [-0.3, -0.25) is 10.1 Å². The van der Waals surface area contributed by atoms with Gasteiger partial charge < -0.3 is 16.4 Å². The number of thioether (sulfide) groups is 1. The van der Waals surface area contributed by atoms with E-state index in [2.05, 4.69) is 16.0 Å². The van der Waals surface area contributed by atoms with Crippen LogP contribution in [0.4, 0.5) is 5.69 Å². The van der Waals surface area contributed by atoms with Crippen LogP contribution >= 0.6 is 24.0 Å². The molecule has 4 N–H and O–H groups in total. The zero-order valence-electron chi connectivity index (χ0n) is 12.4. The van der Waals surface area contributed by atoms with E-state index in [0.29, 0.717) is 11.8 Å². The van der Waals surface area contributed by atoms with Crippen LogP contribution in [0.5, 0.6) is 0 Å². The van der Waals surface area contributed by atoms with Crippen LogP contribution in [0.1, 0.15) is 18.4 Å².